The number of thioether (sulfide) groups is 1. The second-order valence-electron chi connectivity index (χ2n) is 6.12. The highest BCUT2D eigenvalue weighted by Gasteiger charge is 2.25. The largest absolute Gasteiger partial charge is 0.375 e. The van der Waals surface area contributed by atoms with E-state index in [1.165, 1.54) is 11.1 Å². The van der Waals surface area contributed by atoms with Gasteiger partial charge in [0, 0.05) is 11.5 Å². The van der Waals surface area contributed by atoms with Gasteiger partial charge in [0.05, 0.1) is 18.8 Å². The maximum absolute atomic E-state index is 5.90. The molecule has 1 aliphatic heterocycles. The summed E-state index contributed by atoms with van der Waals surface area (Å²) in [6, 6.07) is 9.27. The van der Waals surface area contributed by atoms with Crippen LogP contribution in [0.1, 0.15) is 37.9 Å². The van der Waals surface area contributed by atoms with E-state index in [9.17, 15) is 0 Å². The van der Waals surface area contributed by atoms with Crippen molar-refractivity contribution < 1.29 is 4.74 Å². The summed E-state index contributed by atoms with van der Waals surface area (Å²) in [6.07, 6.45) is 0.282. The maximum Gasteiger partial charge on any atom is 0.0860 e. The van der Waals surface area contributed by atoms with Crippen LogP contribution >= 0.6 is 11.8 Å². The van der Waals surface area contributed by atoms with Crippen molar-refractivity contribution in [1.82, 2.24) is 5.32 Å². The predicted octanol–water partition coefficient (Wildman–Crippen LogP) is 3.38. The van der Waals surface area contributed by atoms with Gasteiger partial charge in [-0.2, -0.15) is 11.8 Å². The summed E-state index contributed by atoms with van der Waals surface area (Å²) in [5.74, 6) is 2.20. The van der Waals surface area contributed by atoms with Gasteiger partial charge in [0.25, 0.3) is 0 Å². The van der Waals surface area contributed by atoms with Gasteiger partial charge in [0.15, 0.2) is 0 Å². The van der Waals surface area contributed by atoms with Gasteiger partial charge in [-0.3, -0.25) is 0 Å². The number of likely N-dealkylation sites (N-methyl/N-ethyl adjacent to an activating group) is 1. The molecule has 2 nitrogen and oxygen atoms in total. The topological polar surface area (TPSA) is 21.3 Å². The molecule has 0 aromatic heterocycles. The Bertz CT molecular complexity index is 390. The summed E-state index contributed by atoms with van der Waals surface area (Å²) in [6.45, 7) is 7.61. The quantitative estimate of drug-likeness (QED) is 0.916. The Morgan fingerprint density at radius 3 is 2.42 bits per heavy atom. The third-order valence-corrected chi connectivity index (χ3v) is 4.68. The van der Waals surface area contributed by atoms with Gasteiger partial charge in [0.2, 0.25) is 0 Å². The molecule has 0 bridgehead atoms. The number of nitrogens with one attached hydrogen (secondary N) is 1. The Hall–Kier alpha value is -0.510. The maximum atomic E-state index is 5.90. The van der Waals surface area contributed by atoms with Crippen molar-refractivity contribution >= 4 is 11.8 Å². The van der Waals surface area contributed by atoms with Gasteiger partial charge in [-0.05, 0) is 23.6 Å². The van der Waals surface area contributed by atoms with E-state index in [0.29, 0.717) is 6.04 Å². The Morgan fingerprint density at radius 2 is 1.95 bits per heavy atom. The summed E-state index contributed by atoms with van der Waals surface area (Å²) in [5.41, 5.74) is 2.92. The van der Waals surface area contributed by atoms with Crippen LogP contribution in [0.15, 0.2) is 24.3 Å². The van der Waals surface area contributed by atoms with Crippen molar-refractivity contribution in [2.24, 2.45) is 0 Å². The van der Waals surface area contributed by atoms with Crippen molar-refractivity contribution in [2.45, 2.75) is 38.3 Å². The minimum Gasteiger partial charge on any atom is -0.375 e. The fraction of sp³-hybridized carbons (Fsp3) is 0.625. The number of hydrogen-bond donors (Lipinski definition) is 1. The molecule has 0 radical (unpaired) electrons. The lowest BCUT2D eigenvalue weighted by atomic mass is 9.86. The second kappa shape index (κ2) is 6.29. The van der Waals surface area contributed by atoms with Crippen LogP contribution in [0.25, 0.3) is 0 Å². The fourth-order valence-corrected chi connectivity index (χ4v) is 3.36. The van der Waals surface area contributed by atoms with Gasteiger partial charge in [0.1, 0.15) is 0 Å². The van der Waals surface area contributed by atoms with Gasteiger partial charge in [-0.25, -0.2) is 0 Å². The molecule has 0 amide bonds. The highest BCUT2D eigenvalue weighted by atomic mass is 32.2. The van der Waals surface area contributed by atoms with Crippen LogP contribution in [0.2, 0.25) is 0 Å². The van der Waals surface area contributed by atoms with Crippen LogP contribution < -0.4 is 5.32 Å². The number of ether oxygens (including phenoxy) is 1. The zero-order chi connectivity index (χ0) is 13.9. The smallest absolute Gasteiger partial charge is 0.0860 e. The van der Waals surface area contributed by atoms with E-state index in [-0.39, 0.29) is 11.5 Å². The second-order valence-corrected chi connectivity index (χ2v) is 7.27. The van der Waals surface area contributed by atoms with Crippen molar-refractivity contribution in [3.05, 3.63) is 35.4 Å². The molecule has 1 aromatic carbocycles. The molecule has 1 fully saturated rings. The van der Waals surface area contributed by atoms with E-state index in [2.05, 4.69) is 50.4 Å². The van der Waals surface area contributed by atoms with Crippen molar-refractivity contribution in [1.29, 1.82) is 0 Å². The van der Waals surface area contributed by atoms with Crippen molar-refractivity contribution in [3.8, 4) is 0 Å². The molecular formula is C16H25NOS. The predicted molar refractivity (Wildman–Crippen MR) is 84.0 cm³/mol. The van der Waals surface area contributed by atoms with Crippen LogP contribution in [-0.4, -0.2) is 31.3 Å². The minimum atomic E-state index is 0.213. The molecule has 2 atom stereocenters. The third-order valence-electron chi connectivity index (χ3n) is 3.66. The SMILES string of the molecule is CNC(c1ccc(C(C)(C)C)cc1)C1CSCCO1. The summed E-state index contributed by atoms with van der Waals surface area (Å²) in [7, 11) is 2.02. The molecule has 1 aromatic rings. The molecule has 3 heteroatoms. The first-order valence-corrected chi connectivity index (χ1v) is 8.15. The lowest BCUT2D eigenvalue weighted by Crippen LogP contribution is -2.36. The molecule has 0 spiro atoms. The average Bonchev–Trinajstić information content (AvgIpc) is 2.40. The summed E-state index contributed by atoms with van der Waals surface area (Å²) in [5, 5.41) is 3.41. The third kappa shape index (κ3) is 3.74. The summed E-state index contributed by atoms with van der Waals surface area (Å²) >= 11 is 1.98. The highest BCUT2D eigenvalue weighted by molar-refractivity contribution is 7.99. The Morgan fingerprint density at radius 1 is 1.26 bits per heavy atom. The summed E-state index contributed by atoms with van der Waals surface area (Å²) in [4.78, 5) is 0. The molecule has 106 valence electrons. The Kier molecular flexibility index (Phi) is 4.93. The molecule has 1 aliphatic rings. The van der Waals surface area contributed by atoms with E-state index in [4.69, 9.17) is 4.74 Å². The van der Waals surface area contributed by atoms with E-state index in [1.807, 2.05) is 18.8 Å². The zero-order valence-electron chi connectivity index (χ0n) is 12.4. The number of benzene rings is 1. The number of rotatable bonds is 3. The molecule has 2 rings (SSSR count). The molecule has 2 unspecified atom stereocenters. The minimum absolute atomic E-state index is 0.213. The monoisotopic (exact) mass is 279 g/mol. The average molecular weight is 279 g/mol. The van der Waals surface area contributed by atoms with Gasteiger partial charge in [-0.15, -0.1) is 0 Å². The molecular weight excluding hydrogens is 254 g/mol. The van der Waals surface area contributed by atoms with Crippen LogP contribution in [0.5, 0.6) is 0 Å². The standard InChI is InChI=1S/C16H25NOS/c1-16(2,3)13-7-5-12(6-8-13)15(17-4)14-11-19-10-9-18-14/h5-8,14-15,17H,9-11H2,1-4H3. The van der Waals surface area contributed by atoms with Crippen molar-refractivity contribution in [3.63, 3.8) is 0 Å². The van der Waals surface area contributed by atoms with Crippen molar-refractivity contribution in [2.75, 3.05) is 25.2 Å². The Labute approximate surface area is 121 Å². The molecule has 0 saturated carbocycles. The lowest BCUT2D eigenvalue weighted by Gasteiger charge is -2.30. The number of hydrogen-bond acceptors (Lipinski definition) is 3. The first-order valence-electron chi connectivity index (χ1n) is 6.99. The fourth-order valence-electron chi connectivity index (χ4n) is 2.46. The lowest BCUT2D eigenvalue weighted by molar-refractivity contribution is 0.0488. The van der Waals surface area contributed by atoms with Crippen LogP contribution in [0, 0.1) is 0 Å². The zero-order valence-corrected chi connectivity index (χ0v) is 13.2. The van der Waals surface area contributed by atoms with Gasteiger partial charge in [-0.1, -0.05) is 45.0 Å². The van der Waals surface area contributed by atoms with E-state index >= 15 is 0 Å². The van der Waals surface area contributed by atoms with Crippen LogP contribution in [0.3, 0.4) is 0 Å². The molecule has 19 heavy (non-hydrogen) atoms. The van der Waals surface area contributed by atoms with Crippen LogP contribution in [0.4, 0.5) is 0 Å². The Balaban J connectivity index is 2.14. The normalized spacial score (nSPS) is 22.2. The van der Waals surface area contributed by atoms with E-state index < -0.39 is 0 Å². The highest BCUT2D eigenvalue weighted by Crippen LogP contribution is 2.28. The van der Waals surface area contributed by atoms with Gasteiger partial charge < -0.3 is 10.1 Å². The van der Waals surface area contributed by atoms with Crippen LogP contribution in [-0.2, 0) is 10.2 Å². The molecule has 1 saturated heterocycles. The molecule has 1 heterocycles. The first kappa shape index (κ1) is 14.9. The van der Waals surface area contributed by atoms with E-state index in [1.54, 1.807) is 0 Å². The molecule has 0 aliphatic carbocycles. The van der Waals surface area contributed by atoms with E-state index in [0.717, 1.165) is 18.1 Å². The molecule has 1 N–H and O–H groups in total. The van der Waals surface area contributed by atoms with Gasteiger partial charge >= 0.3 is 0 Å². The first-order chi connectivity index (χ1) is 9.02. The summed E-state index contributed by atoms with van der Waals surface area (Å²) < 4.78 is 5.90.